The Labute approximate surface area is 220 Å². The van der Waals surface area contributed by atoms with Gasteiger partial charge in [-0.1, -0.05) is 0 Å². The molecule has 0 saturated carbocycles. The Bertz CT molecular complexity index is 1230. The maximum Gasteiger partial charge on any atom is 0.407 e. The summed E-state index contributed by atoms with van der Waals surface area (Å²) < 4.78 is 18.6. The third-order valence-electron chi connectivity index (χ3n) is 5.68. The number of hydrogen-bond donors (Lipinski definition) is 4. The highest BCUT2D eigenvalue weighted by Crippen LogP contribution is 2.24. The first kappa shape index (κ1) is 26.9. The van der Waals surface area contributed by atoms with Gasteiger partial charge in [0.25, 0.3) is 0 Å². The van der Waals surface area contributed by atoms with E-state index in [1.54, 1.807) is 0 Å². The fraction of sp³-hybridized carbons (Fsp3) is 0.542. The number of ether oxygens (including phenoxy) is 1. The highest BCUT2D eigenvalue weighted by Gasteiger charge is 2.25. The Morgan fingerprint density at radius 1 is 1.24 bits per heavy atom. The lowest BCUT2D eigenvalue weighted by atomic mass is 9.98. The summed E-state index contributed by atoms with van der Waals surface area (Å²) in [6.45, 7) is 11.1. The third kappa shape index (κ3) is 7.70. The topological polar surface area (TPSA) is 159 Å². The molecule has 38 heavy (non-hydrogen) atoms. The van der Waals surface area contributed by atoms with E-state index in [0.717, 1.165) is 37.5 Å². The van der Waals surface area contributed by atoms with E-state index in [1.165, 1.54) is 0 Å². The molecule has 13 nitrogen and oxygen atoms in total. The summed E-state index contributed by atoms with van der Waals surface area (Å²) in [4.78, 5) is 36.1. The zero-order valence-electron chi connectivity index (χ0n) is 22.2. The van der Waals surface area contributed by atoms with Crippen LogP contribution in [0.5, 0.6) is 0 Å². The molecule has 0 aromatic carbocycles. The number of carbonyl (C=O) groups excluding carboxylic acids is 1. The molecule has 2 atom stereocenters. The van der Waals surface area contributed by atoms with Crippen molar-refractivity contribution in [3.63, 3.8) is 0 Å². The fourth-order valence-electron chi connectivity index (χ4n) is 3.98. The number of nitrogens with zero attached hydrogens (tertiary/aromatic N) is 7. The monoisotopic (exact) mass is 527 g/mol. The number of hydrogen-bond acceptors (Lipinski definition) is 11. The van der Waals surface area contributed by atoms with Gasteiger partial charge in [0.2, 0.25) is 17.8 Å². The van der Waals surface area contributed by atoms with Crippen LogP contribution in [0.1, 0.15) is 58.1 Å². The van der Waals surface area contributed by atoms with Crippen molar-refractivity contribution < 1.29 is 13.9 Å². The Hall–Kier alpha value is -4.10. The number of piperidine rings is 1. The van der Waals surface area contributed by atoms with Crippen molar-refractivity contribution in [2.75, 3.05) is 35.2 Å². The molecule has 1 aliphatic heterocycles. The lowest BCUT2D eigenvalue weighted by molar-refractivity contribution is 0.0517. The molecule has 0 unspecified atom stereocenters. The van der Waals surface area contributed by atoms with E-state index in [9.17, 15) is 9.18 Å². The molecule has 0 spiro atoms. The van der Waals surface area contributed by atoms with Gasteiger partial charge < -0.3 is 25.6 Å². The van der Waals surface area contributed by atoms with E-state index < -0.39 is 23.6 Å². The molecule has 1 aliphatic rings. The van der Waals surface area contributed by atoms with Crippen LogP contribution in [0, 0.1) is 18.7 Å². The highest BCUT2D eigenvalue weighted by molar-refractivity contribution is 5.67. The summed E-state index contributed by atoms with van der Waals surface area (Å²) in [5.41, 5.74) is 0.335. The SMILES string of the molecule is Cc1cc(Nc2nc(N[C@@H](C)c3ncc(F)cn3)nc(N3CCC[C@H](CNC(=O)OC(C)(C)C)C3)n2)n[nH]1. The number of aromatic amines is 1. The summed E-state index contributed by atoms with van der Waals surface area (Å²) >= 11 is 0. The molecule has 1 saturated heterocycles. The molecule has 204 valence electrons. The summed E-state index contributed by atoms with van der Waals surface area (Å²) in [7, 11) is 0. The Balaban J connectivity index is 1.51. The molecule has 14 heteroatoms. The lowest BCUT2D eigenvalue weighted by Crippen LogP contribution is -2.43. The van der Waals surface area contributed by atoms with Crippen LogP contribution in [0.2, 0.25) is 0 Å². The number of H-pyrrole nitrogens is 1. The predicted octanol–water partition coefficient (Wildman–Crippen LogP) is 3.49. The molecule has 4 heterocycles. The van der Waals surface area contributed by atoms with Crippen molar-refractivity contribution in [2.24, 2.45) is 5.92 Å². The average Bonchev–Trinajstić information content (AvgIpc) is 3.26. The first-order chi connectivity index (χ1) is 18.0. The van der Waals surface area contributed by atoms with E-state index in [1.807, 2.05) is 40.7 Å². The van der Waals surface area contributed by atoms with Crippen molar-refractivity contribution >= 4 is 29.8 Å². The first-order valence-corrected chi connectivity index (χ1v) is 12.5. The van der Waals surface area contributed by atoms with Crippen molar-refractivity contribution in [3.8, 4) is 0 Å². The maximum absolute atomic E-state index is 13.3. The summed E-state index contributed by atoms with van der Waals surface area (Å²) in [5, 5.41) is 16.2. The zero-order chi connectivity index (χ0) is 27.3. The number of aryl methyl sites for hydroxylation is 1. The second-order valence-corrected chi connectivity index (χ2v) is 10.3. The molecule has 3 aromatic heterocycles. The summed E-state index contributed by atoms with van der Waals surface area (Å²) in [6.07, 6.45) is 3.67. The molecule has 0 radical (unpaired) electrons. The molecule has 1 amide bonds. The van der Waals surface area contributed by atoms with E-state index in [4.69, 9.17) is 4.74 Å². The van der Waals surface area contributed by atoms with Gasteiger partial charge in [-0.05, 0) is 53.4 Å². The highest BCUT2D eigenvalue weighted by atomic mass is 19.1. The number of alkyl carbamates (subject to hydrolysis) is 1. The van der Waals surface area contributed by atoms with Gasteiger partial charge in [0.15, 0.2) is 11.6 Å². The van der Waals surface area contributed by atoms with Crippen molar-refractivity contribution in [2.45, 2.75) is 59.1 Å². The maximum atomic E-state index is 13.3. The smallest absolute Gasteiger partial charge is 0.407 e. The Morgan fingerprint density at radius 3 is 2.66 bits per heavy atom. The number of carbonyl (C=O) groups is 1. The normalized spacial score (nSPS) is 16.6. The lowest BCUT2D eigenvalue weighted by Gasteiger charge is -2.33. The second-order valence-electron chi connectivity index (χ2n) is 10.3. The van der Waals surface area contributed by atoms with Crippen LogP contribution in [0.4, 0.5) is 32.8 Å². The molecule has 0 bridgehead atoms. The van der Waals surface area contributed by atoms with Crippen molar-refractivity contribution in [3.05, 3.63) is 35.8 Å². The quantitative estimate of drug-likeness (QED) is 0.340. The number of nitrogens with one attached hydrogen (secondary N) is 4. The standard InChI is InChI=1S/C24H34FN11O2/c1-14-9-18(35-34-14)30-21-31-20(29-15(2)19-26-11-17(25)12-27-19)32-22(33-21)36-8-6-7-16(13-36)10-28-23(37)38-24(3,4)5/h9,11-12,15-16H,6-8,10,13H2,1-5H3,(H,28,37)(H3,29,30,31,32,33,34,35)/t15-,16+/m0/s1. The van der Waals surface area contributed by atoms with Gasteiger partial charge in [0.1, 0.15) is 11.4 Å². The van der Waals surface area contributed by atoms with Gasteiger partial charge in [-0.2, -0.15) is 20.1 Å². The largest absolute Gasteiger partial charge is 0.444 e. The Morgan fingerprint density at radius 2 is 1.97 bits per heavy atom. The van der Waals surface area contributed by atoms with Gasteiger partial charge >= 0.3 is 6.09 Å². The number of aromatic nitrogens is 7. The molecule has 4 rings (SSSR count). The van der Waals surface area contributed by atoms with E-state index >= 15 is 0 Å². The zero-order valence-corrected chi connectivity index (χ0v) is 22.2. The number of halogens is 1. The van der Waals surface area contributed by atoms with E-state index in [2.05, 4.69) is 56.0 Å². The molecule has 4 N–H and O–H groups in total. The summed E-state index contributed by atoms with van der Waals surface area (Å²) in [5.74, 6) is 1.75. The van der Waals surface area contributed by atoms with Gasteiger partial charge in [0.05, 0.1) is 18.4 Å². The average molecular weight is 528 g/mol. The van der Waals surface area contributed by atoms with E-state index in [0.29, 0.717) is 42.6 Å². The predicted molar refractivity (Wildman–Crippen MR) is 140 cm³/mol. The molecule has 1 fully saturated rings. The minimum absolute atomic E-state index is 0.196. The molecular formula is C24H34FN11O2. The second kappa shape index (κ2) is 11.5. The summed E-state index contributed by atoms with van der Waals surface area (Å²) in [6, 6.07) is 1.45. The molecule has 3 aromatic rings. The van der Waals surface area contributed by atoms with Gasteiger partial charge in [-0.25, -0.2) is 19.2 Å². The third-order valence-corrected chi connectivity index (χ3v) is 5.68. The van der Waals surface area contributed by atoms with Gasteiger partial charge in [-0.15, -0.1) is 0 Å². The van der Waals surface area contributed by atoms with Gasteiger partial charge in [0, 0.05) is 31.4 Å². The van der Waals surface area contributed by atoms with Crippen molar-refractivity contribution in [1.29, 1.82) is 0 Å². The number of rotatable bonds is 8. The van der Waals surface area contributed by atoms with Crippen LogP contribution in [-0.2, 0) is 4.74 Å². The molecule has 0 aliphatic carbocycles. The van der Waals surface area contributed by atoms with E-state index in [-0.39, 0.29) is 5.92 Å². The Kier molecular flexibility index (Phi) is 8.17. The van der Waals surface area contributed by atoms with Crippen LogP contribution in [-0.4, -0.2) is 66.4 Å². The van der Waals surface area contributed by atoms with Crippen LogP contribution >= 0.6 is 0 Å². The van der Waals surface area contributed by atoms with Crippen molar-refractivity contribution in [1.82, 2.24) is 40.4 Å². The molecular weight excluding hydrogens is 493 g/mol. The minimum Gasteiger partial charge on any atom is -0.444 e. The first-order valence-electron chi connectivity index (χ1n) is 12.5. The number of amides is 1. The minimum atomic E-state index is -0.552. The fourth-order valence-corrected chi connectivity index (χ4v) is 3.98. The van der Waals surface area contributed by atoms with Crippen LogP contribution < -0.4 is 20.9 Å². The van der Waals surface area contributed by atoms with Crippen LogP contribution in [0.25, 0.3) is 0 Å². The van der Waals surface area contributed by atoms with Crippen LogP contribution in [0.3, 0.4) is 0 Å². The van der Waals surface area contributed by atoms with Crippen LogP contribution in [0.15, 0.2) is 18.5 Å². The van der Waals surface area contributed by atoms with Gasteiger partial charge in [-0.3, -0.25) is 5.10 Å². The number of anilines is 4.